The number of nitrogens with one attached hydrogen (secondary N) is 1. The maximum Gasteiger partial charge on any atom is 0.164 e. The number of benzene rings is 1. The van der Waals surface area contributed by atoms with Gasteiger partial charge in [-0.15, -0.1) is 0 Å². The minimum absolute atomic E-state index is 0.162. The highest BCUT2D eigenvalue weighted by Gasteiger charge is 2.23. The summed E-state index contributed by atoms with van der Waals surface area (Å²) in [5.74, 6) is 5.07. The van der Waals surface area contributed by atoms with Crippen molar-refractivity contribution < 1.29 is 13.2 Å². The van der Waals surface area contributed by atoms with Crippen molar-refractivity contribution in [3.05, 3.63) is 58.0 Å². The van der Waals surface area contributed by atoms with Gasteiger partial charge in [0.1, 0.15) is 11.5 Å². The molecule has 2 rings (SSSR count). The first kappa shape index (κ1) is 13.7. The van der Waals surface area contributed by atoms with Gasteiger partial charge in [0.25, 0.3) is 0 Å². The van der Waals surface area contributed by atoms with Crippen molar-refractivity contribution in [2.45, 2.75) is 26.8 Å². The van der Waals surface area contributed by atoms with Crippen LogP contribution in [0, 0.1) is 32.4 Å². The molecular formula is C14H16F2N2O. The number of nitrogens with two attached hydrogens (primary N) is 1. The highest BCUT2D eigenvalue weighted by molar-refractivity contribution is 5.37. The highest BCUT2D eigenvalue weighted by Crippen LogP contribution is 2.30. The number of rotatable bonds is 3. The molecule has 0 saturated carbocycles. The maximum atomic E-state index is 14.0. The minimum atomic E-state index is -0.888. The normalized spacial score (nSPS) is 12.7. The molecule has 1 unspecified atom stereocenters. The molecule has 0 aliphatic heterocycles. The summed E-state index contributed by atoms with van der Waals surface area (Å²) in [6.07, 6.45) is 0. The van der Waals surface area contributed by atoms with Crippen molar-refractivity contribution in [3.63, 3.8) is 0 Å². The molecule has 0 fully saturated rings. The summed E-state index contributed by atoms with van der Waals surface area (Å²) in [6, 6.07) is 4.17. The average molecular weight is 266 g/mol. The Kier molecular flexibility index (Phi) is 3.68. The van der Waals surface area contributed by atoms with Crippen LogP contribution in [0.3, 0.4) is 0 Å². The largest absolute Gasteiger partial charge is 0.466 e. The number of furan rings is 1. The zero-order chi connectivity index (χ0) is 14.2. The molecule has 1 aromatic carbocycles. The Labute approximate surface area is 110 Å². The zero-order valence-electron chi connectivity index (χ0n) is 11.1. The van der Waals surface area contributed by atoms with E-state index in [-0.39, 0.29) is 11.1 Å². The van der Waals surface area contributed by atoms with E-state index in [0.29, 0.717) is 17.1 Å². The number of halogens is 2. The third-order valence-corrected chi connectivity index (χ3v) is 3.17. The van der Waals surface area contributed by atoms with E-state index in [1.54, 1.807) is 19.9 Å². The molecule has 0 saturated heterocycles. The van der Waals surface area contributed by atoms with Crippen molar-refractivity contribution in [1.29, 1.82) is 0 Å². The lowest BCUT2D eigenvalue weighted by Crippen LogP contribution is -2.30. The standard InChI is InChI=1S/C14H16F2N2O/c1-7-4-5-10(13(16)12(7)15)14(18-17)11-6-8(2)19-9(11)3/h4-6,14,18H,17H2,1-3H3. The number of aryl methyl sites for hydroxylation is 3. The van der Waals surface area contributed by atoms with Gasteiger partial charge >= 0.3 is 0 Å². The van der Waals surface area contributed by atoms with E-state index in [1.165, 1.54) is 19.1 Å². The summed E-state index contributed by atoms with van der Waals surface area (Å²) in [5.41, 5.74) is 3.63. The quantitative estimate of drug-likeness (QED) is 0.663. The molecule has 102 valence electrons. The average Bonchev–Trinajstić information content (AvgIpc) is 2.69. The van der Waals surface area contributed by atoms with Gasteiger partial charge in [0.15, 0.2) is 11.6 Å². The Bertz CT molecular complexity index is 608. The molecule has 0 amide bonds. The molecule has 1 atom stereocenters. The smallest absolute Gasteiger partial charge is 0.164 e. The molecule has 5 heteroatoms. The molecule has 1 heterocycles. The van der Waals surface area contributed by atoms with Crippen LogP contribution in [-0.2, 0) is 0 Å². The van der Waals surface area contributed by atoms with Crippen molar-refractivity contribution in [3.8, 4) is 0 Å². The summed E-state index contributed by atoms with van der Waals surface area (Å²) < 4.78 is 33.1. The van der Waals surface area contributed by atoms with Gasteiger partial charge in [-0.05, 0) is 32.4 Å². The molecular weight excluding hydrogens is 250 g/mol. The van der Waals surface area contributed by atoms with Gasteiger partial charge in [-0.2, -0.15) is 0 Å². The predicted octanol–water partition coefficient (Wildman–Crippen LogP) is 3.04. The van der Waals surface area contributed by atoms with Gasteiger partial charge in [0.2, 0.25) is 0 Å². The molecule has 3 nitrogen and oxygen atoms in total. The molecule has 1 aromatic heterocycles. The zero-order valence-corrected chi connectivity index (χ0v) is 11.1. The van der Waals surface area contributed by atoms with Crippen LogP contribution >= 0.6 is 0 Å². The van der Waals surface area contributed by atoms with E-state index in [2.05, 4.69) is 5.43 Å². The van der Waals surface area contributed by atoms with Gasteiger partial charge in [0.05, 0.1) is 6.04 Å². The Hall–Kier alpha value is -1.72. The second-order valence-corrected chi connectivity index (χ2v) is 4.57. The Morgan fingerprint density at radius 2 is 1.79 bits per heavy atom. The third kappa shape index (κ3) is 2.39. The topological polar surface area (TPSA) is 51.2 Å². The lowest BCUT2D eigenvalue weighted by Gasteiger charge is -2.17. The minimum Gasteiger partial charge on any atom is -0.466 e. The van der Waals surface area contributed by atoms with Gasteiger partial charge in [0, 0.05) is 11.1 Å². The van der Waals surface area contributed by atoms with Gasteiger partial charge < -0.3 is 4.42 Å². The van der Waals surface area contributed by atoms with E-state index >= 15 is 0 Å². The summed E-state index contributed by atoms with van der Waals surface area (Å²) >= 11 is 0. The maximum absolute atomic E-state index is 14.0. The SMILES string of the molecule is Cc1cc(C(NN)c2ccc(C)c(F)c2F)c(C)o1. The Morgan fingerprint density at radius 1 is 1.11 bits per heavy atom. The summed E-state index contributed by atoms with van der Waals surface area (Å²) in [4.78, 5) is 0. The molecule has 0 spiro atoms. The van der Waals surface area contributed by atoms with Crippen LogP contribution in [0.4, 0.5) is 8.78 Å². The van der Waals surface area contributed by atoms with Crippen LogP contribution in [0.5, 0.6) is 0 Å². The monoisotopic (exact) mass is 266 g/mol. The van der Waals surface area contributed by atoms with Crippen LogP contribution < -0.4 is 11.3 Å². The van der Waals surface area contributed by atoms with Crippen LogP contribution in [0.1, 0.15) is 34.3 Å². The molecule has 0 radical (unpaired) electrons. The second-order valence-electron chi connectivity index (χ2n) is 4.57. The summed E-state index contributed by atoms with van der Waals surface area (Å²) in [6.45, 7) is 5.06. The van der Waals surface area contributed by atoms with E-state index in [9.17, 15) is 8.78 Å². The Morgan fingerprint density at radius 3 is 2.32 bits per heavy atom. The third-order valence-electron chi connectivity index (χ3n) is 3.17. The van der Waals surface area contributed by atoms with Gasteiger partial charge in [-0.25, -0.2) is 14.2 Å². The van der Waals surface area contributed by atoms with E-state index in [0.717, 1.165) is 0 Å². The summed E-state index contributed by atoms with van der Waals surface area (Å²) in [7, 11) is 0. The highest BCUT2D eigenvalue weighted by atomic mass is 19.2. The molecule has 0 aliphatic rings. The van der Waals surface area contributed by atoms with Gasteiger partial charge in [-0.3, -0.25) is 5.84 Å². The summed E-state index contributed by atoms with van der Waals surface area (Å²) in [5, 5.41) is 0. The Balaban J connectivity index is 2.54. The number of hydrazine groups is 1. The van der Waals surface area contributed by atoms with E-state index in [1.807, 2.05) is 0 Å². The first-order chi connectivity index (χ1) is 8.95. The van der Waals surface area contributed by atoms with Crippen LogP contribution in [0.15, 0.2) is 22.6 Å². The molecule has 0 bridgehead atoms. The van der Waals surface area contributed by atoms with E-state index in [4.69, 9.17) is 10.3 Å². The van der Waals surface area contributed by atoms with Crippen molar-refractivity contribution in [2.24, 2.45) is 5.84 Å². The van der Waals surface area contributed by atoms with Crippen LogP contribution in [0.25, 0.3) is 0 Å². The fraction of sp³-hybridized carbons (Fsp3) is 0.286. The van der Waals surface area contributed by atoms with Crippen molar-refractivity contribution in [2.75, 3.05) is 0 Å². The second kappa shape index (κ2) is 5.11. The van der Waals surface area contributed by atoms with Gasteiger partial charge in [-0.1, -0.05) is 12.1 Å². The van der Waals surface area contributed by atoms with Crippen molar-refractivity contribution >= 4 is 0 Å². The van der Waals surface area contributed by atoms with Crippen LogP contribution in [0.2, 0.25) is 0 Å². The first-order valence-electron chi connectivity index (χ1n) is 5.93. The molecule has 0 aliphatic carbocycles. The predicted molar refractivity (Wildman–Crippen MR) is 68.4 cm³/mol. The lowest BCUT2D eigenvalue weighted by molar-refractivity contribution is 0.471. The molecule has 2 aromatic rings. The number of hydrogen-bond acceptors (Lipinski definition) is 3. The number of hydrogen-bond donors (Lipinski definition) is 2. The molecule has 3 N–H and O–H groups in total. The molecule has 19 heavy (non-hydrogen) atoms. The first-order valence-corrected chi connectivity index (χ1v) is 5.93. The van der Waals surface area contributed by atoms with Crippen molar-refractivity contribution in [1.82, 2.24) is 5.43 Å². The fourth-order valence-electron chi connectivity index (χ4n) is 2.17. The lowest BCUT2D eigenvalue weighted by atomic mass is 9.97. The van der Waals surface area contributed by atoms with E-state index < -0.39 is 17.7 Å². The fourth-order valence-corrected chi connectivity index (χ4v) is 2.17. The van der Waals surface area contributed by atoms with Crippen LogP contribution in [-0.4, -0.2) is 0 Å².